The first-order valence-corrected chi connectivity index (χ1v) is 7.91. The molecule has 0 unspecified atom stereocenters. The summed E-state index contributed by atoms with van der Waals surface area (Å²) in [6.07, 6.45) is 3.41. The minimum absolute atomic E-state index is 0.102. The van der Waals surface area contributed by atoms with Crippen LogP contribution in [0.3, 0.4) is 0 Å². The number of likely N-dealkylation sites (tertiary alicyclic amines) is 1. The first-order valence-electron chi connectivity index (χ1n) is 6.75. The van der Waals surface area contributed by atoms with Crippen molar-refractivity contribution in [2.75, 3.05) is 18.8 Å². The van der Waals surface area contributed by atoms with Crippen molar-refractivity contribution in [1.29, 1.82) is 0 Å². The molecule has 2 rings (SSSR count). The van der Waals surface area contributed by atoms with Gasteiger partial charge in [-0.2, -0.15) is 0 Å². The molecule has 0 saturated carbocycles. The van der Waals surface area contributed by atoms with Gasteiger partial charge in [-0.1, -0.05) is 12.1 Å². The Bertz CT molecular complexity index is 487. The van der Waals surface area contributed by atoms with Gasteiger partial charge in [0.25, 0.3) is 5.69 Å². The maximum absolute atomic E-state index is 12.0. The monoisotopic (exact) mass is 294 g/mol. The number of hydrogen-bond donors (Lipinski definition) is 0. The summed E-state index contributed by atoms with van der Waals surface area (Å²) in [5, 5.41) is 10.7. The summed E-state index contributed by atoms with van der Waals surface area (Å²) >= 11 is 1.51. The van der Waals surface area contributed by atoms with Crippen LogP contribution in [0.25, 0.3) is 0 Å². The molecule has 20 heavy (non-hydrogen) atoms. The predicted molar refractivity (Wildman–Crippen MR) is 79.7 cm³/mol. The van der Waals surface area contributed by atoms with E-state index in [4.69, 9.17) is 0 Å². The Morgan fingerprint density at radius 3 is 2.75 bits per heavy atom. The van der Waals surface area contributed by atoms with Gasteiger partial charge in [-0.05, 0) is 24.8 Å². The number of hydrogen-bond acceptors (Lipinski definition) is 4. The molecule has 1 aliphatic heterocycles. The molecule has 0 aromatic heterocycles. The Kier molecular flexibility index (Phi) is 5.40. The minimum Gasteiger partial charge on any atom is -0.342 e. The van der Waals surface area contributed by atoms with Gasteiger partial charge >= 0.3 is 0 Å². The summed E-state index contributed by atoms with van der Waals surface area (Å²) in [5.41, 5.74) is 0.987. The fourth-order valence-electron chi connectivity index (χ4n) is 2.25. The number of rotatable bonds is 5. The van der Waals surface area contributed by atoms with E-state index in [9.17, 15) is 14.9 Å². The number of carbonyl (C=O) groups excluding carboxylic acids is 1. The lowest BCUT2D eigenvalue weighted by Gasteiger charge is -2.26. The lowest BCUT2D eigenvalue weighted by Crippen LogP contribution is -2.36. The number of non-ortho nitro benzene ring substituents is 1. The fourth-order valence-corrected chi connectivity index (χ4v) is 3.13. The number of amides is 1. The van der Waals surface area contributed by atoms with Crippen LogP contribution in [-0.4, -0.2) is 34.6 Å². The molecule has 0 bridgehead atoms. The van der Waals surface area contributed by atoms with E-state index < -0.39 is 4.92 Å². The first kappa shape index (κ1) is 14.8. The molecule has 1 fully saturated rings. The maximum Gasteiger partial charge on any atom is 0.269 e. The summed E-state index contributed by atoms with van der Waals surface area (Å²) in [4.78, 5) is 24.2. The quantitative estimate of drug-likeness (QED) is 0.619. The lowest BCUT2D eigenvalue weighted by atomic mass is 10.1. The molecule has 5 nitrogen and oxygen atoms in total. The van der Waals surface area contributed by atoms with Crippen LogP contribution in [0.5, 0.6) is 0 Å². The van der Waals surface area contributed by atoms with Gasteiger partial charge in [0.15, 0.2) is 0 Å². The highest BCUT2D eigenvalue weighted by atomic mass is 32.2. The van der Waals surface area contributed by atoms with Crippen molar-refractivity contribution in [3.63, 3.8) is 0 Å². The van der Waals surface area contributed by atoms with Crippen LogP contribution in [0.2, 0.25) is 0 Å². The Balaban J connectivity index is 1.79. The van der Waals surface area contributed by atoms with E-state index in [-0.39, 0.29) is 11.6 Å². The van der Waals surface area contributed by atoms with E-state index in [0.29, 0.717) is 11.5 Å². The SMILES string of the molecule is O=C(CSCc1cccc([N+](=O)[O-])c1)N1CCCCC1. The highest BCUT2D eigenvalue weighted by Crippen LogP contribution is 2.19. The van der Waals surface area contributed by atoms with Crippen LogP contribution in [0.1, 0.15) is 24.8 Å². The van der Waals surface area contributed by atoms with Crippen molar-refractivity contribution in [1.82, 2.24) is 4.90 Å². The second-order valence-electron chi connectivity index (χ2n) is 4.86. The van der Waals surface area contributed by atoms with Gasteiger partial charge in [-0.15, -0.1) is 11.8 Å². The van der Waals surface area contributed by atoms with Gasteiger partial charge in [-0.3, -0.25) is 14.9 Å². The summed E-state index contributed by atoms with van der Waals surface area (Å²) in [6.45, 7) is 1.74. The molecule has 6 heteroatoms. The summed E-state index contributed by atoms with van der Waals surface area (Å²) in [6, 6.07) is 6.58. The van der Waals surface area contributed by atoms with Gasteiger partial charge in [-0.25, -0.2) is 0 Å². The van der Waals surface area contributed by atoms with Crippen LogP contribution >= 0.6 is 11.8 Å². The van der Waals surface area contributed by atoms with Gasteiger partial charge in [0.1, 0.15) is 0 Å². The highest BCUT2D eigenvalue weighted by molar-refractivity contribution is 7.99. The zero-order valence-electron chi connectivity index (χ0n) is 11.3. The molecule has 1 aliphatic rings. The number of carbonyl (C=O) groups is 1. The predicted octanol–water partition coefficient (Wildman–Crippen LogP) is 2.84. The van der Waals surface area contributed by atoms with E-state index in [1.165, 1.54) is 24.2 Å². The number of nitro groups is 1. The zero-order valence-corrected chi connectivity index (χ0v) is 12.1. The van der Waals surface area contributed by atoms with Crippen LogP contribution in [0.15, 0.2) is 24.3 Å². The molecule has 1 saturated heterocycles. The van der Waals surface area contributed by atoms with Gasteiger partial charge in [0, 0.05) is 31.0 Å². The van der Waals surface area contributed by atoms with Crippen molar-refractivity contribution in [2.45, 2.75) is 25.0 Å². The van der Waals surface area contributed by atoms with E-state index in [0.717, 1.165) is 31.5 Å². The summed E-state index contributed by atoms with van der Waals surface area (Å²) < 4.78 is 0. The molecular weight excluding hydrogens is 276 g/mol. The third kappa shape index (κ3) is 4.23. The lowest BCUT2D eigenvalue weighted by molar-refractivity contribution is -0.384. The van der Waals surface area contributed by atoms with E-state index >= 15 is 0 Å². The second-order valence-corrected chi connectivity index (χ2v) is 5.85. The number of benzene rings is 1. The smallest absolute Gasteiger partial charge is 0.269 e. The van der Waals surface area contributed by atoms with E-state index in [1.54, 1.807) is 12.1 Å². The molecule has 0 spiro atoms. The van der Waals surface area contributed by atoms with Gasteiger partial charge < -0.3 is 4.90 Å². The molecule has 1 heterocycles. The van der Waals surface area contributed by atoms with Crippen LogP contribution in [0.4, 0.5) is 5.69 Å². The summed E-state index contributed by atoms with van der Waals surface area (Å²) in [7, 11) is 0. The average Bonchev–Trinajstić information content (AvgIpc) is 2.48. The second kappa shape index (κ2) is 7.28. The Hall–Kier alpha value is -1.56. The zero-order chi connectivity index (χ0) is 14.4. The number of piperidine rings is 1. The van der Waals surface area contributed by atoms with Gasteiger partial charge in [0.2, 0.25) is 5.91 Å². The largest absolute Gasteiger partial charge is 0.342 e. The van der Waals surface area contributed by atoms with Crippen molar-refractivity contribution >= 4 is 23.4 Å². The molecule has 0 atom stereocenters. The maximum atomic E-state index is 12.0. The van der Waals surface area contributed by atoms with Crippen molar-refractivity contribution in [3.05, 3.63) is 39.9 Å². The molecule has 1 aromatic rings. The first-order chi connectivity index (χ1) is 9.66. The molecule has 1 aromatic carbocycles. The Labute approximate surface area is 122 Å². The molecule has 0 N–H and O–H groups in total. The van der Waals surface area contributed by atoms with E-state index in [1.807, 2.05) is 11.0 Å². The standard InChI is InChI=1S/C14H18N2O3S/c17-14(15-7-2-1-3-8-15)11-20-10-12-5-4-6-13(9-12)16(18)19/h4-6,9H,1-3,7-8,10-11H2. The highest BCUT2D eigenvalue weighted by Gasteiger charge is 2.16. The van der Waals surface area contributed by atoms with E-state index in [2.05, 4.69) is 0 Å². The molecular formula is C14H18N2O3S. The normalized spacial score (nSPS) is 15.1. The van der Waals surface area contributed by atoms with Gasteiger partial charge in [0.05, 0.1) is 10.7 Å². The number of thioether (sulfide) groups is 1. The minimum atomic E-state index is -0.396. The number of nitrogens with zero attached hydrogens (tertiary/aromatic N) is 2. The Morgan fingerprint density at radius 2 is 2.05 bits per heavy atom. The average molecular weight is 294 g/mol. The third-order valence-electron chi connectivity index (χ3n) is 3.32. The topological polar surface area (TPSA) is 63.4 Å². The van der Waals surface area contributed by atoms with Crippen LogP contribution in [0, 0.1) is 10.1 Å². The third-order valence-corrected chi connectivity index (χ3v) is 4.31. The van der Waals surface area contributed by atoms with Crippen molar-refractivity contribution in [2.24, 2.45) is 0 Å². The van der Waals surface area contributed by atoms with Crippen LogP contribution < -0.4 is 0 Å². The molecule has 0 radical (unpaired) electrons. The molecule has 108 valence electrons. The van der Waals surface area contributed by atoms with Crippen molar-refractivity contribution in [3.8, 4) is 0 Å². The fraction of sp³-hybridized carbons (Fsp3) is 0.500. The van der Waals surface area contributed by atoms with Crippen molar-refractivity contribution < 1.29 is 9.72 Å². The molecule has 1 amide bonds. The Morgan fingerprint density at radius 1 is 1.30 bits per heavy atom. The number of nitro benzene ring substituents is 1. The van der Waals surface area contributed by atoms with Crippen LogP contribution in [-0.2, 0) is 10.5 Å². The molecule has 0 aliphatic carbocycles. The summed E-state index contributed by atoms with van der Waals surface area (Å²) in [5.74, 6) is 1.25.